The molecule has 0 aliphatic rings. The van der Waals surface area contributed by atoms with E-state index in [9.17, 15) is 24.0 Å². The summed E-state index contributed by atoms with van der Waals surface area (Å²) in [6, 6.07) is -5.06. The van der Waals surface area contributed by atoms with Crippen LogP contribution in [0.25, 0.3) is 0 Å². The van der Waals surface area contributed by atoms with Crippen LogP contribution < -0.4 is 27.4 Å². The number of nitrogens with two attached hydrogens (primary N) is 2. The number of aliphatic carboxylic acids is 1. The lowest BCUT2D eigenvalue weighted by atomic mass is 10.1. The van der Waals surface area contributed by atoms with Gasteiger partial charge in [0.1, 0.15) is 18.1 Å². The van der Waals surface area contributed by atoms with Crippen molar-refractivity contribution in [3.05, 3.63) is 0 Å². The van der Waals surface area contributed by atoms with Crippen molar-refractivity contribution in [2.24, 2.45) is 11.5 Å². The van der Waals surface area contributed by atoms with Crippen molar-refractivity contribution < 1.29 is 34.2 Å². The van der Waals surface area contributed by atoms with Crippen LogP contribution in [0.5, 0.6) is 0 Å². The van der Waals surface area contributed by atoms with Gasteiger partial charge in [0.2, 0.25) is 23.6 Å². The molecule has 0 rings (SSSR count). The zero-order valence-electron chi connectivity index (χ0n) is 14.8. The smallest absolute Gasteiger partial charge is 0.328 e. The first kappa shape index (κ1) is 26.0. The number of carboxylic acid groups (broad SMARTS) is 1. The lowest BCUT2D eigenvalue weighted by Gasteiger charge is -2.23. The monoisotopic (exact) mass is 439 g/mol. The van der Waals surface area contributed by atoms with Crippen LogP contribution in [-0.2, 0) is 24.0 Å². The molecule has 28 heavy (non-hydrogen) atoms. The van der Waals surface area contributed by atoms with E-state index in [0.717, 1.165) is 0 Å². The average molecular weight is 440 g/mol. The summed E-state index contributed by atoms with van der Waals surface area (Å²) in [4.78, 5) is 58.4. The molecule has 0 aromatic heterocycles. The van der Waals surface area contributed by atoms with E-state index in [4.69, 9.17) is 21.7 Å². The lowest BCUT2D eigenvalue weighted by Crippen LogP contribution is -2.58. The molecule has 4 atom stereocenters. The number of thiol groups is 2. The predicted molar refractivity (Wildman–Crippen MR) is 105 cm³/mol. The number of aliphatic hydroxyl groups is 1. The van der Waals surface area contributed by atoms with Crippen molar-refractivity contribution in [1.29, 1.82) is 0 Å². The normalized spacial score (nSPS) is 14.9. The summed E-state index contributed by atoms with van der Waals surface area (Å²) in [5.41, 5.74) is 10.5. The highest BCUT2D eigenvalue weighted by Gasteiger charge is 2.29. The summed E-state index contributed by atoms with van der Waals surface area (Å²) in [6.07, 6.45) is -0.508. The van der Waals surface area contributed by atoms with E-state index in [-0.39, 0.29) is 24.3 Å². The molecule has 0 aliphatic carbocycles. The Morgan fingerprint density at radius 3 is 1.79 bits per heavy atom. The van der Waals surface area contributed by atoms with Crippen molar-refractivity contribution in [1.82, 2.24) is 16.0 Å². The number of aliphatic hydroxyl groups excluding tert-OH is 1. The lowest BCUT2D eigenvalue weighted by molar-refractivity contribution is -0.143. The quantitative estimate of drug-likeness (QED) is 0.128. The van der Waals surface area contributed by atoms with Crippen molar-refractivity contribution in [3.8, 4) is 0 Å². The molecule has 0 aromatic rings. The second-order valence-electron chi connectivity index (χ2n) is 5.68. The molecule has 4 unspecified atom stereocenters. The van der Waals surface area contributed by atoms with E-state index in [1.807, 2.05) is 5.32 Å². The molecular formula is C14H25N5O7S2. The summed E-state index contributed by atoms with van der Waals surface area (Å²) in [5.74, 6) is -4.75. The maximum atomic E-state index is 12.4. The van der Waals surface area contributed by atoms with Crippen molar-refractivity contribution >= 4 is 54.9 Å². The SMILES string of the molecule is NC(=O)CCC(NC(=O)C(CS)NC(=O)C(N)CS)C(=O)NC(CO)C(=O)O. The highest BCUT2D eigenvalue weighted by molar-refractivity contribution is 7.80. The van der Waals surface area contributed by atoms with Crippen LogP contribution in [0.1, 0.15) is 12.8 Å². The van der Waals surface area contributed by atoms with Gasteiger partial charge in [-0.25, -0.2) is 4.79 Å². The first-order valence-electron chi connectivity index (χ1n) is 8.07. The summed E-state index contributed by atoms with van der Waals surface area (Å²) in [5, 5.41) is 24.6. The van der Waals surface area contributed by atoms with Gasteiger partial charge in [0, 0.05) is 17.9 Å². The fraction of sp³-hybridized carbons (Fsp3) is 0.643. The third-order valence-electron chi connectivity index (χ3n) is 3.46. The Kier molecular flexibility index (Phi) is 12.2. The van der Waals surface area contributed by atoms with E-state index in [2.05, 4.69) is 35.9 Å². The Balaban J connectivity index is 5.20. The van der Waals surface area contributed by atoms with Crippen LogP contribution in [0.2, 0.25) is 0 Å². The zero-order chi connectivity index (χ0) is 21.9. The Morgan fingerprint density at radius 2 is 1.36 bits per heavy atom. The fourth-order valence-electron chi connectivity index (χ4n) is 1.84. The molecule has 14 heteroatoms. The van der Waals surface area contributed by atoms with Crippen LogP contribution in [0.3, 0.4) is 0 Å². The summed E-state index contributed by atoms with van der Waals surface area (Å²) >= 11 is 7.84. The van der Waals surface area contributed by atoms with E-state index < -0.39 is 60.4 Å². The maximum Gasteiger partial charge on any atom is 0.328 e. The molecular weight excluding hydrogens is 414 g/mol. The predicted octanol–water partition coefficient (Wildman–Crippen LogP) is -4.03. The summed E-state index contributed by atoms with van der Waals surface area (Å²) in [6.45, 7) is -0.880. The molecule has 12 nitrogen and oxygen atoms in total. The minimum Gasteiger partial charge on any atom is -0.480 e. The number of hydrogen-bond donors (Lipinski definition) is 9. The number of carbonyl (C=O) groups is 5. The molecule has 0 fully saturated rings. The van der Waals surface area contributed by atoms with E-state index in [1.54, 1.807) is 0 Å². The largest absolute Gasteiger partial charge is 0.480 e. The number of carbonyl (C=O) groups excluding carboxylic acids is 4. The van der Waals surface area contributed by atoms with Gasteiger partial charge in [0.15, 0.2) is 0 Å². The Labute approximate surface area is 172 Å². The minimum atomic E-state index is -1.60. The van der Waals surface area contributed by atoms with Gasteiger partial charge in [0.25, 0.3) is 0 Å². The molecule has 0 radical (unpaired) electrons. The summed E-state index contributed by atoms with van der Waals surface area (Å²) in [7, 11) is 0. The average Bonchev–Trinajstić information content (AvgIpc) is 2.65. The van der Waals surface area contributed by atoms with Gasteiger partial charge in [-0.05, 0) is 6.42 Å². The van der Waals surface area contributed by atoms with Crippen molar-refractivity contribution in [3.63, 3.8) is 0 Å². The number of rotatable bonds is 13. The van der Waals surface area contributed by atoms with Crippen molar-refractivity contribution in [2.75, 3.05) is 18.1 Å². The first-order chi connectivity index (χ1) is 13.1. The first-order valence-corrected chi connectivity index (χ1v) is 9.34. The van der Waals surface area contributed by atoms with Gasteiger partial charge in [-0.3, -0.25) is 19.2 Å². The number of primary amides is 1. The van der Waals surface area contributed by atoms with E-state index in [0.29, 0.717) is 0 Å². The second-order valence-corrected chi connectivity index (χ2v) is 6.41. The van der Waals surface area contributed by atoms with Crippen LogP contribution in [0.4, 0.5) is 0 Å². The molecule has 0 spiro atoms. The van der Waals surface area contributed by atoms with Gasteiger partial charge in [-0.1, -0.05) is 0 Å². The summed E-state index contributed by atoms with van der Waals surface area (Å²) < 4.78 is 0. The Bertz CT molecular complexity index is 592. The highest BCUT2D eigenvalue weighted by atomic mass is 32.1. The fourth-order valence-corrected chi connectivity index (χ4v) is 2.26. The van der Waals surface area contributed by atoms with Gasteiger partial charge in [-0.15, -0.1) is 0 Å². The second kappa shape index (κ2) is 13.2. The van der Waals surface area contributed by atoms with Gasteiger partial charge in [-0.2, -0.15) is 25.3 Å². The third kappa shape index (κ3) is 9.25. The number of hydrogen-bond acceptors (Lipinski definition) is 9. The molecule has 0 heterocycles. The maximum absolute atomic E-state index is 12.4. The molecule has 0 saturated heterocycles. The van der Waals surface area contributed by atoms with Crippen LogP contribution in [-0.4, -0.2) is 82.1 Å². The van der Waals surface area contributed by atoms with Crippen LogP contribution in [0.15, 0.2) is 0 Å². The number of carboxylic acids is 1. The van der Waals surface area contributed by atoms with Gasteiger partial charge in [0.05, 0.1) is 12.6 Å². The Hall–Kier alpha value is -2.03. The number of nitrogens with one attached hydrogen (secondary N) is 3. The molecule has 0 bridgehead atoms. The number of amides is 4. The van der Waals surface area contributed by atoms with Crippen LogP contribution in [0, 0.1) is 0 Å². The molecule has 160 valence electrons. The van der Waals surface area contributed by atoms with Crippen LogP contribution >= 0.6 is 25.3 Å². The molecule has 0 saturated carbocycles. The molecule has 4 amide bonds. The van der Waals surface area contributed by atoms with E-state index >= 15 is 0 Å². The molecule has 9 N–H and O–H groups in total. The topological polar surface area (TPSA) is 214 Å². The minimum absolute atomic E-state index is 0.0358. The molecule has 0 aromatic carbocycles. The molecule has 0 aliphatic heterocycles. The van der Waals surface area contributed by atoms with Gasteiger partial charge < -0.3 is 37.6 Å². The van der Waals surface area contributed by atoms with Crippen molar-refractivity contribution in [2.45, 2.75) is 37.0 Å². The third-order valence-corrected chi connectivity index (χ3v) is 4.22. The Morgan fingerprint density at radius 1 is 0.857 bits per heavy atom. The van der Waals surface area contributed by atoms with E-state index in [1.165, 1.54) is 0 Å². The zero-order valence-corrected chi connectivity index (χ0v) is 16.6. The standard InChI is InChI=1S/C14H25N5O7S2/c15-6(4-27)11(22)19-9(5-28)13(24)17-7(1-2-10(16)21)12(23)18-8(3-20)14(25)26/h6-9,20,27-28H,1-5,15H2,(H2,16,21)(H,17,24)(H,18,23)(H,19,22)(H,25,26). The van der Waals surface area contributed by atoms with Gasteiger partial charge >= 0.3 is 5.97 Å². The highest BCUT2D eigenvalue weighted by Crippen LogP contribution is 2.01.